The van der Waals surface area contributed by atoms with Crippen LogP contribution in [0.5, 0.6) is 0 Å². The zero-order valence-electron chi connectivity index (χ0n) is 12.9. The number of likely N-dealkylation sites (N-methyl/N-ethyl adjacent to an activating group) is 1. The van der Waals surface area contributed by atoms with Crippen molar-refractivity contribution < 1.29 is 0 Å². The highest BCUT2D eigenvalue weighted by atomic mass is 15.1. The maximum absolute atomic E-state index is 5.96. The standard InChI is InChI=1S/C16H29N3/c1-5-6-7-12-19(4)16(13-17)14-8-10-15(11-9-14)18(2)3/h8-11,16H,5-7,12-13,17H2,1-4H3. The zero-order chi connectivity index (χ0) is 14.3. The minimum absolute atomic E-state index is 0.327. The maximum atomic E-state index is 5.96. The molecule has 0 heterocycles. The van der Waals surface area contributed by atoms with Crippen LogP contribution in [0.4, 0.5) is 5.69 Å². The van der Waals surface area contributed by atoms with Crippen molar-refractivity contribution in [3.05, 3.63) is 29.8 Å². The van der Waals surface area contributed by atoms with Crippen LogP contribution in [-0.4, -0.2) is 39.1 Å². The molecular weight excluding hydrogens is 234 g/mol. The topological polar surface area (TPSA) is 32.5 Å². The van der Waals surface area contributed by atoms with E-state index in [0.29, 0.717) is 12.6 Å². The maximum Gasteiger partial charge on any atom is 0.0467 e. The van der Waals surface area contributed by atoms with Crippen LogP contribution in [0.3, 0.4) is 0 Å². The number of nitrogens with two attached hydrogens (primary N) is 1. The lowest BCUT2D eigenvalue weighted by molar-refractivity contribution is 0.245. The number of rotatable bonds is 8. The van der Waals surface area contributed by atoms with Gasteiger partial charge in [-0.2, -0.15) is 0 Å². The lowest BCUT2D eigenvalue weighted by Gasteiger charge is -2.27. The Hall–Kier alpha value is -1.06. The molecule has 0 amide bonds. The van der Waals surface area contributed by atoms with Crippen molar-refractivity contribution in [2.24, 2.45) is 5.73 Å². The second-order valence-electron chi connectivity index (χ2n) is 5.43. The van der Waals surface area contributed by atoms with Crippen molar-refractivity contribution in [3.63, 3.8) is 0 Å². The SMILES string of the molecule is CCCCCN(C)C(CN)c1ccc(N(C)C)cc1. The van der Waals surface area contributed by atoms with Crippen LogP contribution in [0.25, 0.3) is 0 Å². The van der Waals surface area contributed by atoms with E-state index < -0.39 is 0 Å². The summed E-state index contributed by atoms with van der Waals surface area (Å²) in [6.07, 6.45) is 3.80. The Morgan fingerprint density at radius 1 is 1.05 bits per heavy atom. The average molecular weight is 263 g/mol. The van der Waals surface area contributed by atoms with Gasteiger partial charge in [0.25, 0.3) is 0 Å². The molecule has 0 aliphatic rings. The molecule has 2 N–H and O–H groups in total. The monoisotopic (exact) mass is 263 g/mol. The van der Waals surface area contributed by atoms with Crippen LogP contribution >= 0.6 is 0 Å². The van der Waals surface area contributed by atoms with Gasteiger partial charge in [0.15, 0.2) is 0 Å². The average Bonchev–Trinajstić information content (AvgIpc) is 2.40. The van der Waals surface area contributed by atoms with Crippen molar-refractivity contribution in [2.45, 2.75) is 32.2 Å². The molecule has 1 atom stereocenters. The fraction of sp³-hybridized carbons (Fsp3) is 0.625. The zero-order valence-corrected chi connectivity index (χ0v) is 12.9. The Balaban J connectivity index is 2.67. The molecule has 0 radical (unpaired) electrons. The van der Waals surface area contributed by atoms with E-state index in [1.165, 1.54) is 30.5 Å². The third kappa shape index (κ3) is 4.84. The highest BCUT2D eigenvalue weighted by Crippen LogP contribution is 2.21. The Kier molecular flexibility index (Phi) is 6.89. The summed E-state index contributed by atoms with van der Waals surface area (Å²) in [5.41, 5.74) is 8.50. The summed E-state index contributed by atoms with van der Waals surface area (Å²) >= 11 is 0. The first-order chi connectivity index (χ1) is 9.10. The van der Waals surface area contributed by atoms with E-state index in [2.05, 4.69) is 62.1 Å². The predicted octanol–water partition coefficient (Wildman–Crippen LogP) is 2.87. The van der Waals surface area contributed by atoms with Crippen LogP contribution in [0, 0.1) is 0 Å². The molecule has 0 spiro atoms. The molecule has 0 aliphatic heterocycles. The molecule has 0 fully saturated rings. The van der Waals surface area contributed by atoms with Crippen LogP contribution < -0.4 is 10.6 Å². The van der Waals surface area contributed by atoms with Gasteiger partial charge in [0.2, 0.25) is 0 Å². The van der Waals surface area contributed by atoms with E-state index in [9.17, 15) is 0 Å². The van der Waals surface area contributed by atoms with Gasteiger partial charge in [0.05, 0.1) is 0 Å². The molecule has 1 rings (SSSR count). The molecule has 1 aromatic rings. The summed E-state index contributed by atoms with van der Waals surface area (Å²) in [5.74, 6) is 0. The van der Waals surface area contributed by atoms with E-state index in [4.69, 9.17) is 5.73 Å². The van der Waals surface area contributed by atoms with Crippen molar-refractivity contribution in [1.29, 1.82) is 0 Å². The highest BCUT2D eigenvalue weighted by molar-refractivity contribution is 5.46. The fourth-order valence-corrected chi connectivity index (χ4v) is 2.33. The van der Waals surface area contributed by atoms with Crippen LogP contribution in [0.15, 0.2) is 24.3 Å². The van der Waals surface area contributed by atoms with Crippen molar-refractivity contribution in [2.75, 3.05) is 39.1 Å². The Bertz CT molecular complexity index is 346. The first-order valence-corrected chi connectivity index (χ1v) is 7.27. The van der Waals surface area contributed by atoms with E-state index in [1.54, 1.807) is 0 Å². The summed E-state index contributed by atoms with van der Waals surface area (Å²) in [5, 5.41) is 0. The third-order valence-electron chi connectivity index (χ3n) is 3.66. The number of nitrogens with zero attached hydrogens (tertiary/aromatic N) is 2. The van der Waals surface area contributed by atoms with E-state index >= 15 is 0 Å². The number of hydrogen-bond donors (Lipinski definition) is 1. The minimum atomic E-state index is 0.327. The number of hydrogen-bond acceptors (Lipinski definition) is 3. The van der Waals surface area contributed by atoms with Gasteiger partial charge in [-0.1, -0.05) is 31.9 Å². The number of unbranched alkanes of at least 4 members (excludes halogenated alkanes) is 2. The normalized spacial score (nSPS) is 12.7. The summed E-state index contributed by atoms with van der Waals surface area (Å²) in [6, 6.07) is 9.05. The molecule has 0 aliphatic carbocycles. The van der Waals surface area contributed by atoms with E-state index in [0.717, 1.165) is 6.54 Å². The third-order valence-corrected chi connectivity index (χ3v) is 3.66. The molecule has 0 saturated carbocycles. The summed E-state index contributed by atoms with van der Waals surface area (Å²) in [4.78, 5) is 4.49. The first-order valence-electron chi connectivity index (χ1n) is 7.27. The fourth-order valence-electron chi connectivity index (χ4n) is 2.33. The van der Waals surface area contributed by atoms with Gasteiger partial charge in [-0.05, 0) is 37.7 Å². The van der Waals surface area contributed by atoms with E-state index in [1.807, 2.05) is 0 Å². The number of benzene rings is 1. The second kappa shape index (κ2) is 8.18. The van der Waals surface area contributed by atoms with Crippen molar-refractivity contribution in [1.82, 2.24) is 4.90 Å². The van der Waals surface area contributed by atoms with Gasteiger partial charge in [-0.25, -0.2) is 0 Å². The molecule has 1 aromatic carbocycles. The lowest BCUT2D eigenvalue weighted by atomic mass is 10.0. The van der Waals surface area contributed by atoms with Gasteiger partial charge < -0.3 is 10.6 Å². The number of anilines is 1. The molecule has 0 aromatic heterocycles. The van der Waals surface area contributed by atoms with Gasteiger partial charge in [0.1, 0.15) is 0 Å². The molecule has 0 saturated heterocycles. The molecule has 0 bridgehead atoms. The molecule has 108 valence electrons. The molecule has 3 heteroatoms. The van der Waals surface area contributed by atoms with Gasteiger partial charge in [-0.3, -0.25) is 4.90 Å². The summed E-state index contributed by atoms with van der Waals surface area (Å²) < 4.78 is 0. The Morgan fingerprint density at radius 2 is 1.68 bits per heavy atom. The molecule has 3 nitrogen and oxygen atoms in total. The molecule has 1 unspecified atom stereocenters. The first kappa shape index (κ1) is 16.0. The van der Waals surface area contributed by atoms with Crippen LogP contribution in [0.2, 0.25) is 0 Å². The van der Waals surface area contributed by atoms with Crippen molar-refractivity contribution in [3.8, 4) is 0 Å². The van der Waals surface area contributed by atoms with Crippen molar-refractivity contribution >= 4 is 5.69 Å². The Labute approximate surface area is 118 Å². The predicted molar refractivity (Wildman–Crippen MR) is 84.7 cm³/mol. The van der Waals surface area contributed by atoms with Gasteiger partial charge in [0, 0.05) is 32.4 Å². The van der Waals surface area contributed by atoms with E-state index in [-0.39, 0.29) is 0 Å². The Morgan fingerprint density at radius 3 is 2.16 bits per heavy atom. The molecular formula is C16H29N3. The minimum Gasteiger partial charge on any atom is -0.378 e. The quantitative estimate of drug-likeness (QED) is 0.732. The highest BCUT2D eigenvalue weighted by Gasteiger charge is 2.14. The van der Waals surface area contributed by atoms with Gasteiger partial charge >= 0.3 is 0 Å². The van der Waals surface area contributed by atoms with Crippen LogP contribution in [-0.2, 0) is 0 Å². The largest absolute Gasteiger partial charge is 0.378 e. The summed E-state index contributed by atoms with van der Waals surface area (Å²) in [7, 11) is 6.30. The molecule has 19 heavy (non-hydrogen) atoms. The van der Waals surface area contributed by atoms with Gasteiger partial charge in [-0.15, -0.1) is 0 Å². The van der Waals surface area contributed by atoms with Crippen LogP contribution in [0.1, 0.15) is 37.8 Å². The smallest absolute Gasteiger partial charge is 0.0467 e. The summed E-state index contributed by atoms with van der Waals surface area (Å²) in [6.45, 7) is 4.02. The lowest BCUT2D eigenvalue weighted by Crippen LogP contribution is -2.31. The second-order valence-corrected chi connectivity index (χ2v) is 5.43.